The van der Waals surface area contributed by atoms with Crippen LogP contribution < -0.4 is 10.5 Å². The number of pyridine rings is 1. The molecule has 2 rings (SSSR count). The van der Waals surface area contributed by atoms with Gasteiger partial charge in [0.2, 0.25) is 5.88 Å². The van der Waals surface area contributed by atoms with Crippen LogP contribution in [0.15, 0.2) is 41.8 Å². The van der Waals surface area contributed by atoms with Crippen molar-refractivity contribution in [3.05, 3.63) is 47.4 Å². The molecule has 0 saturated carbocycles. The summed E-state index contributed by atoms with van der Waals surface area (Å²) in [4.78, 5) is 3.18. The van der Waals surface area contributed by atoms with Crippen LogP contribution in [0.5, 0.6) is 5.88 Å². The Hall–Kier alpha value is -2.03. The fraction of sp³-hybridized carbons (Fsp3) is 0.412. The van der Waals surface area contributed by atoms with Gasteiger partial charge in [-0.15, -0.1) is 0 Å². The van der Waals surface area contributed by atoms with E-state index in [4.69, 9.17) is 26.8 Å². The molecule has 1 aromatic rings. The number of nitrogens with two attached hydrogens (primary N) is 1. The van der Waals surface area contributed by atoms with Gasteiger partial charge in [0.05, 0.1) is 18.2 Å². The number of allylic oxidation sites excluding steroid dienone is 2. The maximum Gasteiger partial charge on any atom is 0.220 e. The highest BCUT2D eigenvalue weighted by molar-refractivity contribution is 6.25. The number of halogens is 1. The van der Waals surface area contributed by atoms with Gasteiger partial charge in [-0.2, -0.15) is 5.26 Å². The summed E-state index contributed by atoms with van der Waals surface area (Å²) < 4.78 is 11.4. The minimum absolute atomic E-state index is 0.261. The first-order valence-corrected chi connectivity index (χ1v) is 7.84. The van der Waals surface area contributed by atoms with Crippen molar-refractivity contribution in [1.82, 2.24) is 4.98 Å². The maximum absolute atomic E-state index is 9.29. The highest BCUT2D eigenvalue weighted by Crippen LogP contribution is 2.36. The number of aromatic nitrogens is 1. The van der Waals surface area contributed by atoms with E-state index in [1.165, 1.54) is 0 Å². The molecule has 0 radical (unpaired) electrons. The molecule has 122 valence electrons. The van der Waals surface area contributed by atoms with Crippen LogP contribution in [-0.4, -0.2) is 17.1 Å². The summed E-state index contributed by atoms with van der Waals surface area (Å²) in [6, 6.07) is 5.87. The zero-order chi connectivity index (χ0) is 16.9. The van der Waals surface area contributed by atoms with Gasteiger partial charge in [0.15, 0.2) is 0 Å². The number of ether oxygens (including phenoxy) is 2. The lowest BCUT2D eigenvalue weighted by atomic mass is 10.0. The first kappa shape index (κ1) is 17.3. The largest absolute Gasteiger partial charge is 0.488 e. The van der Waals surface area contributed by atoms with E-state index in [0.29, 0.717) is 17.2 Å². The first-order valence-electron chi connectivity index (χ1n) is 7.46. The Morgan fingerprint density at radius 3 is 3.00 bits per heavy atom. The Kier molecular flexibility index (Phi) is 5.64. The fourth-order valence-corrected chi connectivity index (χ4v) is 2.63. The average Bonchev–Trinajstić information content (AvgIpc) is 2.54. The van der Waals surface area contributed by atoms with Gasteiger partial charge in [0, 0.05) is 12.6 Å². The summed E-state index contributed by atoms with van der Waals surface area (Å²) in [7, 11) is 1.57. The molecule has 2 atom stereocenters. The van der Waals surface area contributed by atoms with Gasteiger partial charge in [0.1, 0.15) is 22.9 Å². The van der Waals surface area contributed by atoms with Crippen molar-refractivity contribution in [2.75, 3.05) is 7.11 Å². The maximum atomic E-state index is 9.29. The highest BCUT2D eigenvalue weighted by Gasteiger charge is 2.29. The van der Waals surface area contributed by atoms with Crippen molar-refractivity contribution in [2.45, 2.75) is 37.3 Å². The first-order chi connectivity index (χ1) is 11.0. The van der Waals surface area contributed by atoms with Gasteiger partial charge in [-0.1, -0.05) is 24.9 Å². The van der Waals surface area contributed by atoms with E-state index in [0.717, 1.165) is 18.4 Å². The Bertz CT molecular complexity index is 662. The fourth-order valence-electron chi connectivity index (χ4n) is 2.45. The molecule has 2 N–H and O–H groups in total. The minimum atomic E-state index is -1.04. The lowest BCUT2D eigenvalue weighted by molar-refractivity contribution is 0.0942. The second-order valence-corrected chi connectivity index (χ2v) is 6.09. The zero-order valence-corrected chi connectivity index (χ0v) is 14.0. The molecule has 2 unspecified atom stereocenters. The van der Waals surface area contributed by atoms with Crippen LogP contribution in [0.3, 0.4) is 0 Å². The summed E-state index contributed by atoms with van der Waals surface area (Å²) in [5, 5.41) is 9.29. The number of alkyl halides is 1. The summed E-state index contributed by atoms with van der Waals surface area (Å²) in [6.07, 6.45) is 6.53. The van der Waals surface area contributed by atoms with Crippen LogP contribution in [0.1, 0.15) is 37.9 Å². The van der Waals surface area contributed by atoms with Crippen molar-refractivity contribution in [3.63, 3.8) is 0 Å². The molecule has 0 spiro atoms. The smallest absolute Gasteiger partial charge is 0.220 e. The highest BCUT2D eigenvalue weighted by atomic mass is 35.5. The molecule has 0 aromatic carbocycles. The van der Waals surface area contributed by atoms with Crippen molar-refractivity contribution in [2.24, 2.45) is 5.73 Å². The van der Waals surface area contributed by atoms with E-state index >= 15 is 0 Å². The molecular weight excluding hydrogens is 314 g/mol. The zero-order valence-electron chi connectivity index (χ0n) is 13.3. The minimum Gasteiger partial charge on any atom is -0.488 e. The van der Waals surface area contributed by atoms with E-state index < -0.39 is 5.00 Å². The van der Waals surface area contributed by atoms with Crippen LogP contribution in [0.25, 0.3) is 0 Å². The molecule has 1 heterocycles. The molecule has 0 amide bonds. The molecule has 23 heavy (non-hydrogen) atoms. The van der Waals surface area contributed by atoms with Crippen molar-refractivity contribution < 1.29 is 9.47 Å². The van der Waals surface area contributed by atoms with Gasteiger partial charge < -0.3 is 15.2 Å². The Morgan fingerprint density at radius 2 is 2.35 bits per heavy atom. The normalized spacial score (nSPS) is 21.7. The third-order valence-corrected chi connectivity index (χ3v) is 3.82. The Morgan fingerprint density at radius 1 is 1.57 bits per heavy atom. The summed E-state index contributed by atoms with van der Waals surface area (Å²) in [5.41, 5.74) is 7.23. The summed E-state index contributed by atoms with van der Waals surface area (Å²) in [6.45, 7) is 2.06. The number of nitriles is 1. The van der Waals surface area contributed by atoms with Crippen molar-refractivity contribution in [1.29, 1.82) is 5.26 Å². The van der Waals surface area contributed by atoms with Crippen LogP contribution in [0.2, 0.25) is 0 Å². The molecule has 1 aromatic heterocycles. The molecule has 0 saturated heterocycles. The van der Waals surface area contributed by atoms with E-state index in [1.54, 1.807) is 25.5 Å². The molecule has 0 bridgehead atoms. The van der Waals surface area contributed by atoms with Gasteiger partial charge in [-0.05, 0) is 30.7 Å². The van der Waals surface area contributed by atoms with Crippen LogP contribution >= 0.6 is 11.6 Å². The predicted molar refractivity (Wildman–Crippen MR) is 88.7 cm³/mol. The van der Waals surface area contributed by atoms with Crippen molar-refractivity contribution in [3.8, 4) is 11.9 Å². The van der Waals surface area contributed by atoms with Crippen LogP contribution in [-0.2, 0) is 4.74 Å². The summed E-state index contributed by atoms with van der Waals surface area (Å²) in [5.74, 6) is 1.01. The molecule has 0 fully saturated rings. The molecule has 1 aliphatic carbocycles. The third-order valence-electron chi connectivity index (χ3n) is 3.56. The molecule has 0 aliphatic heterocycles. The average molecular weight is 334 g/mol. The van der Waals surface area contributed by atoms with Gasteiger partial charge in [0.25, 0.3) is 0 Å². The lowest BCUT2D eigenvalue weighted by Gasteiger charge is -2.28. The monoisotopic (exact) mass is 333 g/mol. The standard InChI is InChI=1S/C17H20ClN3O2/c1-3-5-14(13-6-4-9-21-16(13)22-2)23-15-10-17(18,20)8-7-12(15)11-19/h4,6-9,14H,3,5,10,20H2,1-2H3. The molecular formula is C17H20ClN3O2. The lowest BCUT2D eigenvalue weighted by Crippen LogP contribution is -2.33. The SMILES string of the molecule is CCCC(OC1=C(C#N)C=CC(N)(Cl)C1)c1cccnc1OC. The Balaban J connectivity index is 2.34. The number of methoxy groups -OCH3 is 1. The van der Waals surface area contributed by atoms with E-state index in [9.17, 15) is 5.26 Å². The second kappa shape index (κ2) is 7.49. The van der Waals surface area contributed by atoms with E-state index in [2.05, 4.69) is 18.0 Å². The van der Waals surface area contributed by atoms with Crippen LogP contribution in [0.4, 0.5) is 0 Å². The number of nitrogens with zero attached hydrogens (tertiary/aromatic N) is 2. The van der Waals surface area contributed by atoms with Crippen LogP contribution in [0, 0.1) is 11.3 Å². The number of hydrogen-bond acceptors (Lipinski definition) is 5. The van der Waals surface area contributed by atoms with Gasteiger partial charge >= 0.3 is 0 Å². The van der Waals surface area contributed by atoms with Gasteiger partial charge in [-0.25, -0.2) is 4.98 Å². The third kappa shape index (κ3) is 4.25. The molecule has 1 aliphatic rings. The van der Waals surface area contributed by atoms with E-state index in [-0.39, 0.29) is 12.5 Å². The predicted octanol–water partition coefficient (Wildman–Crippen LogP) is 3.58. The van der Waals surface area contributed by atoms with Crippen molar-refractivity contribution >= 4 is 11.6 Å². The number of rotatable bonds is 6. The second-order valence-electron chi connectivity index (χ2n) is 5.38. The molecule has 6 heteroatoms. The quantitative estimate of drug-likeness (QED) is 0.635. The van der Waals surface area contributed by atoms with Gasteiger partial charge in [-0.3, -0.25) is 0 Å². The Labute approximate surface area is 141 Å². The number of hydrogen-bond donors (Lipinski definition) is 1. The topological polar surface area (TPSA) is 81.2 Å². The summed E-state index contributed by atoms with van der Waals surface area (Å²) >= 11 is 6.18. The molecule has 5 nitrogen and oxygen atoms in total. The van der Waals surface area contributed by atoms with E-state index in [1.807, 2.05) is 12.1 Å².